The van der Waals surface area contributed by atoms with E-state index in [-0.39, 0.29) is 0 Å². The summed E-state index contributed by atoms with van der Waals surface area (Å²) in [6.45, 7) is 12.2. The largest absolute Gasteiger partial charge is 0.268 e. The highest BCUT2D eigenvalue weighted by Crippen LogP contribution is 2.41. The molecule has 1 aliphatic heterocycles. The van der Waals surface area contributed by atoms with E-state index in [2.05, 4.69) is 81.8 Å². The SMILES string of the molecule is C/C=C(\C=c1\ccccc1=C(C)C)c1cc2n(n1)CCCC2(CC)CCC. The fraction of sp³-hybridized carbons (Fsp3) is 0.480. The monoisotopic (exact) mass is 362 g/mol. The van der Waals surface area contributed by atoms with Gasteiger partial charge in [-0.2, -0.15) is 5.10 Å². The zero-order chi connectivity index (χ0) is 19.4. The molecule has 3 rings (SSSR count). The van der Waals surface area contributed by atoms with E-state index in [4.69, 9.17) is 5.10 Å². The molecule has 0 radical (unpaired) electrons. The second-order valence-corrected chi connectivity index (χ2v) is 8.10. The molecule has 0 bridgehead atoms. The summed E-state index contributed by atoms with van der Waals surface area (Å²) in [5, 5.41) is 7.61. The lowest BCUT2D eigenvalue weighted by Crippen LogP contribution is -2.33. The number of rotatable bonds is 5. The summed E-state index contributed by atoms with van der Waals surface area (Å²) in [6, 6.07) is 11.0. The maximum Gasteiger partial charge on any atom is 0.0923 e. The number of nitrogens with zero attached hydrogens (tertiary/aromatic N) is 2. The molecule has 0 spiro atoms. The Morgan fingerprint density at radius 3 is 2.67 bits per heavy atom. The van der Waals surface area contributed by atoms with Gasteiger partial charge in [0.15, 0.2) is 0 Å². The summed E-state index contributed by atoms with van der Waals surface area (Å²) in [7, 11) is 0. The first kappa shape index (κ1) is 19.7. The maximum atomic E-state index is 5.03. The molecule has 0 aliphatic carbocycles. The average molecular weight is 363 g/mol. The van der Waals surface area contributed by atoms with Gasteiger partial charge in [-0.25, -0.2) is 0 Å². The van der Waals surface area contributed by atoms with Gasteiger partial charge in [0, 0.05) is 17.7 Å². The van der Waals surface area contributed by atoms with Crippen LogP contribution in [-0.2, 0) is 12.0 Å². The van der Waals surface area contributed by atoms with E-state index in [0.29, 0.717) is 5.41 Å². The smallest absolute Gasteiger partial charge is 0.0923 e. The van der Waals surface area contributed by atoms with Gasteiger partial charge in [0.05, 0.1) is 5.69 Å². The van der Waals surface area contributed by atoms with Crippen LogP contribution >= 0.6 is 0 Å². The van der Waals surface area contributed by atoms with Crippen LogP contribution in [0.3, 0.4) is 0 Å². The quantitative estimate of drug-likeness (QED) is 0.715. The molecular formula is C25H34N2. The summed E-state index contributed by atoms with van der Waals surface area (Å²) < 4.78 is 2.29. The lowest BCUT2D eigenvalue weighted by molar-refractivity contribution is 0.266. The third-order valence-electron chi connectivity index (χ3n) is 6.17. The Bertz CT molecular complexity index is 941. The second kappa shape index (κ2) is 8.29. The minimum atomic E-state index is 0.308. The van der Waals surface area contributed by atoms with Crippen LogP contribution in [-0.4, -0.2) is 9.78 Å². The average Bonchev–Trinajstić information content (AvgIpc) is 3.12. The van der Waals surface area contributed by atoms with Gasteiger partial charge in [0.2, 0.25) is 0 Å². The normalized spacial score (nSPS) is 20.6. The summed E-state index contributed by atoms with van der Waals surface area (Å²) in [5.74, 6) is 0. The predicted molar refractivity (Wildman–Crippen MR) is 117 cm³/mol. The van der Waals surface area contributed by atoms with E-state index in [1.54, 1.807) is 0 Å². The number of fused-ring (bicyclic) bond motifs is 1. The van der Waals surface area contributed by atoms with E-state index >= 15 is 0 Å². The molecular weight excluding hydrogens is 328 g/mol. The Morgan fingerprint density at radius 2 is 2.00 bits per heavy atom. The van der Waals surface area contributed by atoms with Gasteiger partial charge in [0.1, 0.15) is 0 Å². The molecule has 0 saturated heterocycles. The number of aromatic nitrogens is 2. The van der Waals surface area contributed by atoms with E-state index in [1.807, 2.05) is 0 Å². The number of aryl methyl sites for hydroxylation is 1. The zero-order valence-corrected chi connectivity index (χ0v) is 17.7. The number of allylic oxidation sites excluding steroid dienone is 2. The van der Waals surface area contributed by atoms with Crippen molar-refractivity contribution in [3.8, 4) is 0 Å². The first-order chi connectivity index (χ1) is 13.0. The van der Waals surface area contributed by atoms with Crippen LogP contribution in [0, 0.1) is 0 Å². The Kier molecular flexibility index (Phi) is 6.04. The molecule has 0 saturated carbocycles. The highest BCUT2D eigenvalue weighted by Gasteiger charge is 2.36. The molecule has 1 aliphatic rings. The van der Waals surface area contributed by atoms with Crippen molar-refractivity contribution in [3.63, 3.8) is 0 Å². The van der Waals surface area contributed by atoms with Gasteiger partial charge in [-0.15, -0.1) is 0 Å². The molecule has 0 fully saturated rings. The Labute approximate surface area is 164 Å². The zero-order valence-electron chi connectivity index (χ0n) is 17.7. The van der Waals surface area contributed by atoms with E-state index < -0.39 is 0 Å². The standard InChI is InChI=1S/C25H34N2/c1-6-14-25(8-3)15-11-16-27-24(25)18-23(26-27)20(7-2)17-21-12-9-10-13-22(21)19(4)5/h7,9-10,12-13,17-18H,6,8,11,14-16H2,1-5H3/b20-7+,21-17-. The Hall–Kier alpha value is -2.09. The van der Waals surface area contributed by atoms with Crippen LogP contribution in [0.25, 0.3) is 17.2 Å². The summed E-state index contributed by atoms with van der Waals surface area (Å²) in [5.41, 5.74) is 5.43. The molecule has 1 aromatic carbocycles. The van der Waals surface area contributed by atoms with Crippen molar-refractivity contribution in [1.29, 1.82) is 0 Å². The van der Waals surface area contributed by atoms with Crippen molar-refractivity contribution in [3.05, 3.63) is 58.2 Å². The van der Waals surface area contributed by atoms with Crippen LogP contribution in [0.2, 0.25) is 0 Å². The first-order valence-electron chi connectivity index (χ1n) is 10.5. The van der Waals surface area contributed by atoms with Gasteiger partial charge in [0.25, 0.3) is 0 Å². The second-order valence-electron chi connectivity index (χ2n) is 8.10. The maximum absolute atomic E-state index is 5.03. The molecule has 1 unspecified atom stereocenters. The number of hydrogen-bond donors (Lipinski definition) is 0. The summed E-state index contributed by atoms with van der Waals surface area (Å²) in [4.78, 5) is 0. The van der Waals surface area contributed by atoms with Crippen LogP contribution < -0.4 is 10.4 Å². The van der Waals surface area contributed by atoms with Crippen molar-refractivity contribution < 1.29 is 0 Å². The van der Waals surface area contributed by atoms with Crippen molar-refractivity contribution in [1.82, 2.24) is 9.78 Å². The van der Waals surface area contributed by atoms with Crippen molar-refractivity contribution in [2.45, 2.75) is 78.7 Å². The minimum Gasteiger partial charge on any atom is -0.268 e. The molecule has 144 valence electrons. The van der Waals surface area contributed by atoms with E-state index in [9.17, 15) is 0 Å². The number of hydrogen-bond acceptors (Lipinski definition) is 1. The Balaban J connectivity index is 2.11. The van der Waals surface area contributed by atoms with Crippen LogP contribution in [0.5, 0.6) is 0 Å². The van der Waals surface area contributed by atoms with Crippen molar-refractivity contribution >= 4 is 17.2 Å². The first-order valence-corrected chi connectivity index (χ1v) is 10.5. The predicted octanol–water partition coefficient (Wildman–Crippen LogP) is 5.20. The van der Waals surface area contributed by atoms with Gasteiger partial charge in [-0.05, 0) is 74.6 Å². The van der Waals surface area contributed by atoms with Crippen LogP contribution in [0.4, 0.5) is 0 Å². The molecule has 2 nitrogen and oxygen atoms in total. The summed E-state index contributed by atoms with van der Waals surface area (Å²) >= 11 is 0. The third kappa shape index (κ3) is 3.81. The highest BCUT2D eigenvalue weighted by atomic mass is 15.3. The molecule has 0 amide bonds. The van der Waals surface area contributed by atoms with Crippen LogP contribution in [0.1, 0.15) is 78.1 Å². The van der Waals surface area contributed by atoms with Crippen molar-refractivity contribution in [2.75, 3.05) is 0 Å². The minimum absolute atomic E-state index is 0.308. The number of benzene rings is 1. The highest BCUT2D eigenvalue weighted by molar-refractivity contribution is 5.86. The van der Waals surface area contributed by atoms with Crippen molar-refractivity contribution in [2.24, 2.45) is 0 Å². The van der Waals surface area contributed by atoms with E-state index in [1.165, 1.54) is 59.4 Å². The molecule has 2 heterocycles. The van der Waals surface area contributed by atoms with Gasteiger partial charge >= 0.3 is 0 Å². The lowest BCUT2D eigenvalue weighted by atomic mass is 9.72. The fourth-order valence-corrected chi connectivity index (χ4v) is 4.67. The topological polar surface area (TPSA) is 17.8 Å². The van der Waals surface area contributed by atoms with Gasteiger partial charge < -0.3 is 0 Å². The third-order valence-corrected chi connectivity index (χ3v) is 6.17. The Morgan fingerprint density at radius 1 is 1.22 bits per heavy atom. The lowest BCUT2D eigenvalue weighted by Gasteiger charge is -2.37. The molecule has 0 N–H and O–H groups in total. The molecule has 1 atom stereocenters. The molecule has 2 aromatic rings. The van der Waals surface area contributed by atoms with Gasteiger partial charge in [-0.3, -0.25) is 4.68 Å². The van der Waals surface area contributed by atoms with Gasteiger partial charge in [-0.1, -0.05) is 56.2 Å². The summed E-state index contributed by atoms with van der Waals surface area (Å²) in [6.07, 6.45) is 10.7. The van der Waals surface area contributed by atoms with E-state index in [0.717, 1.165) is 12.2 Å². The van der Waals surface area contributed by atoms with Crippen LogP contribution in [0.15, 0.2) is 36.4 Å². The fourth-order valence-electron chi connectivity index (χ4n) is 4.67. The molecule has 27 heavy (non-hydrogen) atoms. The molecule has 1 aromatic heterocycles. The molecule has 2 heteroatoms.